The van der Waals surface area contributed by atoms with Crippen LogP contribution in [-0.4, -0.2) is 49.7 Å². The molecule has 0 amide bonds. The highest BCUT2D eigenvalue weighted by Crippen LogP contribution is 2.08. The molecule has 2 saturated heterocycles. The Hall–Kier alpha value is -0.120. The van der Waals surface area contributed by atoms with Crippen molar-refractivity contribution in [1.82, 2.24) is 15.5 Å². The van der Waals surface area contributed by atoms with Crippen molar-refractivity contribution in [2.75, 3.05) is 32.7 Å². The molecule has 2 aliphatic rings. The van der Waals surface area contributed by atoms with E-state index in [-0.39, 0.29) is 0 Å². The van der Waals surface area contributed by atoms with Gasteiger partial charge in [-0.15, -0.1) is 0 Å². The lowest BCUT2D eigenvalue weighted by Crippen LogP contribution is -2.56. The molecule has 0 aromatic rings. The fraction of sp³-hybridized carbons (Fsp3) is 1.00. The second-order valence-electron chi connectivity index (χ2n) is 4.42. The fourth-order valence-corrected chi connectivity index (χ4v) is 2.24. The second-order valence-corrected chi connectivity index (χ2v) is 4.42. The molecule has 0 saturated carbocycles. The van der Waals surface area contributed by atoms with Crippen LogP contribution in [0.3, 0.4) is 0 Å². The van der Waals surface area contributed by atoms with Gasteiger partial charge in [0.1, 0.15) is 0 Å². The summed E-state index contributed by atoms with van der Waals surface area (Å²) >= 11 is 0. The van der Waals surface area contributed by atoms with E-state index in [1.807, 2.05) is 0 Å². The smallest absolute Gasteiger partial charge is 0.0320 e. The number of nitrogens with one attached hydrogen (secondary N) is 2. The fourth-order valence-electron chi connectivity index (χ4n) is 2.24. The number of hydrogen-bond donors (Lipinski definition) is 2. The first-order valence-corrected chi connectivity index (χ1v) is 5.54. The summed E-state index contributed by atoms with van der Waals surface area (Å²) in [6.07, 6.45) is 2.80. The molecular weight excluding hydrogens is 162 g/mol. The van der Waals surface area contributed by atoms with Crippen LogP contribution in [0.5, 0.6) is 0 Å². The van der Waals surface area contributed by atoms with Crippen molar-refractivity contribution in [1.29, 1.82) is 0 Å². The van der Waals surface area contributed by atoms with Crippen molar-refractivity contribution in [3.8, 4) is 0 Å². The molecule has 0 radical (unpaired) electrons. The van der Waals surface area contributed by atoms with Gasteiger partial charge < -0.3 is 15.5 Å². The summed E-state index contributed by atoms with van der Waals surface area (Å²) in [5.41, 5.74) is 0. The summed E-state index contributed by atoms with van der Waals surface area (Å²) in [6.45, 7) is 8.36. The Balaban J connectivity index is 1.69. The molecule has 2 N–H and O–H groups in total. The molecular formula is C10H21N3. The summed E-state index contributed by atoms with van der Waals surface area (Å²) in [6, 6.07) is 1.32. The first kappa shape index (κ1) is 9.44. The lowest BCUT2D eigenvalue weighted by atomic mass is 10.1. The predicted molar refractivity (Wildman–Crippen MR) is 54.9 cm³/mol. The molecule has 2 heterocycles. The van der Waals surface area contributed by atoms with E-state index in [0.29, 0.717) is 12.1 Å². The van der Waals surface area contributed by atoms with Crippen molar-refractivity contribution in [3.63, 3.8) is 0 Å². The SMILES string of the molecule is CC1CNC(CN2CCCC2)CN1. The van der Waals surface area contributed by atoms with Crippen molar-refractivity contribution >= 4 is 0 Å². The van der Waals surface area contributed by atoms with Crippen molar-refractivity contribution in [3.05, 3.63) is 0 Å². The zero-order valence-electron chi connectivity index (χ0n) is 8.55. The number of hydrogen-bond acceptors (Lipinski definition) is 3. The van der Waals surface area contributed by atoms with Gasteiger partial charge in [-0.05, 0) is 32.9 Å². The van der Waals surface area contributed by atoms with Crippen molar-refractivity contribution < 1.29 is 0 Å². The molecule has 0 bridgehead atoms. The van der Waals surface area contributed by atoms with Crippen LogP contribution in [0.25, 0.3) is 0 Å². The number of rotatable bonds is 2. The van der Waals surface area contributed by atoms with Gasteiger partial charge in [0.05, 0.1) is 0 Å². The van der Waals surface area contributed by atoms with Crippen LogP contribution in [0.2, 0.25) is 0 Å². The second kappa shape index (κ2) is 4.40. The molecule has 0 aromatic carbocycles. The molecule has 0 aromatic heterocycles. The molecule has 2 atom stereocenters. The third-order valence-electron chi connectivity index (χ3n) is 3.10. The average Bonchev–Trinajstić information content (AvgIpc) is 2.62. The molecule has 76 valence electrons. The summed E-state index contributed by atoms with van der Waals surface area (Å²) in [4.78, 5) is 2.58. The topological polar surface area (TPSA) is 27.3 Å². The summed E-state index contributed by atoms with van der Waals surface area (Å²) in [7, 11) is 0. The van der Waals surface area contributed by atoms with Crippen LogP contribution in [0.15, 0.2) is 0 Å². The van der Waals surface area contributed by atoms with Gasteiger partial charge in [-0.25, -0.2) is 0 Å². The Morgan fingerprint density at radius 3 is 2.54 bits per heavy atom. The van der Waals surface area contributed by atoms with E-state index in [9.17, 15) is 0 Å². The largest absolute Gasteiger partial charge is 0.311 e. The Morgan fingerprint density at radius 1 is 1.15 bits per heavy atom. The summed E-state index contributed by atoms with van der Waals surface area (Å²) in [5, 5.41) is 7.11. The van der Waals surface area contributed by atoms with Crippen LogP contribution < -0.4 is 10.6 Å². The maximum Gasteiger partial charge on any atom is 0.0320 e. The normalized spacial score (nSPS) is 36.7. The Kier molecular flexibility index (Phi) is 3.19. The molecule has 3 heteroatoms. The zero-order chi connectivity index (χ0) is 9.10. The molecule has 2 rings (SSSR count). The quantitative estimate of drug-likeness (QED) is 0.632. The minimum absolute atomic E-state index is 0.648. The molecule has 13 heavy (non-hydrogen) atoms. The van der Waals surface area contributed by atoms with E-state index in [2.05, 4.69) is 22.5 Å². The summed E-state index contributed by atoms with van der Waals surface area (Å²) in [5.74, 6) is 0. The molecule has 0 aliphatic carbocycles. The zero-order valence-corrected chi connectivity index (χ0v) is 8.55. The maximum atomic E-state index is 3.59. The van der Waals surface area contributed by atoms with E-state index < -0.39 is 0 Å². The summed E-state index contributed by atoms with van der Waals surface area (Å²) < 4.78 is 0. The Labute approximate surface area is 80.9 Å². The van der Waals surface area contributed by atoms with Gasteiger partial charge in [-0.3, -0.25) is 0 Å². The number of nitrogens with zero attached hydrogens (tertiary/aromatic N) is 1. The lowest BCUT2D eigenvalue weighted by molar-refractivity contribution is 0.256. The van der Waals surface area contributed by atoms with E-state index in [1.54, 1.807) is 0 Å². The minimum Gasteiger partial charge on any atom is -0.311 e. The Morgan fingerprint density at radius 2 is 1.92 bits per heavy atom. The van der Waals surface area contributed by atoms with Crippen molar-refractivity contribution in [2.24, 2.45) is 0 Å². The van der Waals surface area contributed by atoms with Gasteiger partial charge in [0, 0.05) is 31.7 Å². The molecule has 3 nitrogen and oxygen atoms in total. The van der Waals surface area contributed by atoms with E-state index >= 15 is 0 Å². The third kappa shape index (κ3) is 2.66. The van der Waals surface area contributed by atoms with Gasteiger partial charge >= 0.3 is 0 Å². The van der Waals surface area contributed by atoms with Crippen LogP contribution in [0.1, 0.15) is 19.8 Å². The van der Waals surface area contributed by atoms with Crippen LogP contribution >= 0.6 is 0 Å². The van der Waals surface area contributed by atoms with Gasteiger partial charge in [-0.1, -0.05) is 0 Å². The molecule has 0 spiro atoms. The van der Waals surface area contributed by atoms with Crippen LogP contribution in [-0.2, 0) is 0 Å². The first-order valence-electron chi connectivity index (χ1n) is 5.54. The number of likely N-dealkylation sites (tertiary alicyclic amines) is 1. The van der Waals surface area contributed by atoms with Gasteiger partial charge in [0.15, 0.2) is 0 Å². The molecule has 2 fully saturated rings. The standard InChI is InChI=1S/C10H21N3/c1-9-6-12-10(7-11-9)8-13-4-2-3-5-13/h9-12H,2-8H2,1H3. The average molecular weight is 183 g/mol. The predicted octanol–water partition coefficient (Wildman–Crippen LogP) is 0.0321. The minimum atomic E-state index is 0.648. The van der Waals surface area contributed by atoms with E-state index in [4.69, 9.17) is 0 Å². The monoisotopic (exact) mass is 183 g/mol. The Bertz CT molecular complexity index is 146. The number of piperazine rings is 1. The van der Waals surface area contributed by atoms with Gasteiger partial charge in [0.2, 0.25) is 0 Å². The highest BCUT2D eigenvalue weighted by atomic mass is 15.2. The van der Waals surface area contributed by atoms with Gasteiger partial charge in [0.25, 0.3) is 0 Å². The van der Waals surface area contributed by atoms with E-state index in [0.717, 1.165) is 13.1 Å². The highest BCUT2D eigenvalue weighted by molar-refractivity contribution is 4.83. The van der Waals surface area contributed by atoms with Crippen LogP contribution in [0, 0.1) is 0 Å². The van der Waals surface area contributed by atoms with Crippen LogP contribution in [0.4, 0.5) is 0 Å². The molecule has 2 aliphatic heterocycles. The lowest BCUT2D eigenvalue weighted by Gasteiger charge is -2.31. The van der Waals surface area contributed by atoms with E-state index in [1.165, 1.54) is 32.5 Å². The first-order chi connectivity index (χ1) is 6.34. The van der Waals surface area contributed by atoms with Crippen molar-refractivity contribution in [2.45, 2.75) is 31.8 Å². The maximum absolute atomic E-state index is 3.59. The highest BCUT2D eigenvalue weighted by Gasteiger charge is 2.20. The third-order valence-corrected chi connectivity index (χ3v) is 3.10. The van der Waals surface area contributed by atoms with Gasteiger partial charge in [-0.2, -0.15) is 0 Å². The molecule has 2 unspecified atom stereocenters.